The number of likely N-dealkylation sites (tertiary alicyclic amines) is 1. The monoisotopic (exact) mass is 550 g/mol. The Morgan fingerprint density at radius 2 is 1.69 bits per heavy atom. The first-order valence-corrected chi connectivity index (χ1v) is 12.4. The minimum absolute atomic E-state index is 0.0220. The smallest absolute Gasteiger partial charge is 0.335 e. The molecule has 0 radical (unpaired) electrons. The highest BCUT2D eigenvalue weighted by atomic mass is 35.5. The van der Waals surface area contributed by atoms with Gasteiger partial charge in [-0.25, -0.2) is 8.78 Å². The average molecular weight is 551 g/mol. The molecule has 5 rings (SSSR count). The van der Waals surface area contributed by atoms with Crippen molar-refractivity contribution < 1.29 is 31.6 Å². The molecule has 0 aliphatic carbocycles. The van der Waals surface area contributed by atoms with Crippen LogP contribution in [0.3, 0.4) is 0 Å². The molecule has 0 spiro atoms. The number of hydrogen-bond donors (Lipinski definition) is 1. The van der Waals surface area contributed by atoms with E-state index in [0.29, 0.717) is 11.1 Å². The minimum Gasteiger partial charge on any atom is -0.335 e. The third-order valence-corrected chi connectivity index (χ3v) is 8.22. The highest BCUT2D eigenvalue weighted by Gasteiger charge is 2.60. The predicted molar refractivity (Wildman–Crippen MR) is 123 cm³/mol. The van der Waals surface area contributed by atoms with Crippen molar-refractivity contribution in [2.24, 2.45) is 5.92 Å². The molecule has 1 amide bonds. The number of nitrogens with one attached hydrogen (secondary N) is 1. The van der Waals surface area contributed by atoms with Crippen LogP contribution in [0.2, 0.25) is 10.0 Å². The van der Waals surface area contributed by atoms with E-state index in [4.69, 9.17) is 28.0 Å². The van der Waals surface area contributed by atoms with E-state index in [2.05, 4.69) is 5.48 Å². The molecule has 3 aliphatic rings. The third kappa shape index (κ3) is 4.08. The van der Waals surface area contributed by atoms with Crippen molar-refractivity contribution in [3.8, 4) is 0 Å². The Morgan fingerprint density at radius 1 is 1.09 bits per heavy atom. The molecule has 3 heterocycles. The summed E-state index contributed by atoms with van der Waals surface area (Å²) in [7, 11) is 0. The highest BCUT2D eigenvalue weighted by Crippen LogP contribution is 2.49. The molecule has 0 aromatic heterocycles. The van der Waals surface area contributed by atoms with Gasteiger partial charge in [-0.05, 0) is 29.3 Å². The van der Waals surface area contributed by atoms with Crippen LogP contribution in [0.4, 0.5) is 22.0 Å². The SMILES string of the molecule is O=C(C1CSC1)N1CC(F)(c2ccc(C3=CC(c4cc(Cl)c(F)c(Cl)c4)(C(F)(F)F)ON3)cc2)C1. The summed E-state index contributed by atoms with van der Waals surface area (Å²) in [6.07, 6.45) is -4.15. The average Bonchev–Trinajstić information content (AvgIpc) is 3.21. The Bertz CT molecular complexity index is 1190. The maximum Gasteiger partial charge on any atom is 0.428 e. The Kier molecular flexibility index (Phi) is 6.02. The van der Waals surface area contributed by atoms with E-state index in [0.717, 1.165) is 29.7 Å². The summed E-state index contributed by atoms with van der Waals surface area (Å²) >= 11 is 13.1. The fourth-order valence-corrected chi connectivity index (χ4v) is 5.48. The van der Waals surface area contributed by atoms with Gasteiger partial charge in [-0.2, -0.15) is 24.9 Å². The van der Waals surface area contributed by atoms with Gasteiger partial charge in [0.15, 0.2) is 11.5 Å². The van der Waals surface area contributed by atoms with Crippen molar-refractivity contribution in [3.63, 3.8) is 0 Å². The van der Waals surface area contributed by atoms with E-state index in [1.54, 1.807) is 11.8 Å². The third-order valence-electron chi connectivity index (χ3n) is 6.40. The van der Waals surface area contributed by atoms with E-state index < -0.39 is 38.9 Å². The van der Waals surface area contributed by atoms with Crippen LogP contribution >= 0.6 is 35.0 Å². The molecule has 1 N–H and O–H groups in total. The normalized spacial score (nSPS) is 23.9. The standard InChI is InChI=1S/C23H17Cl2F5N2O2S/c24-16-5-15(6-17(25)19(16)26)22(23(28,29)30)7-18(31-34-22)12-1-3-14(4-2-12)21(27)10-32(11-21)20(33)13-8-35-9-13/h1-7,13,31H,8-11H2. The number of nitrogens with zero attached hydrogens (tertiary/aromatic N) is 1. The van der Waals surface area contributed by atoms with Crippen molar-refractivity contribution in [2.75, 3.05) is 24.6 Å². The number of carbonyl (C=O) groups excluding carboxylic acids is 1. The fourth-order valence-electron chi connectivity index (χ4n) is 4.24. The maximum atomic E-state index is 15.3. The number of halogens is 7. The summed E-state index contributed by atoms with van der Waals surface area (Å²) in [6.45, 7) is -0.112. The van der Waals surface area contributed by atoms with Gasteiger partial charge in [-0.3, -0.25) is 15.1 Å². The fraction of sp³-hybridized carbons (Fsp3) is 0.348. The Balaban J connectivity index is 1.39. The molecule has 2 fully saturated rings. The first-order valence-electron chi connectivity index (χ1n) is 10.5. The summed E-state index contributed by atoms with van der Waals surface area (Å²) in [6, 6.07) is 7.47. The lowest BCUT2D eigenvalue weighted by atomic mass is 9.86. The zero-order valence-corrected chi connectivity index (χ0v) is 20.1. The molecule has 186 valence electrons. The van der Waals surface area contributed by atoms with E-state index in [1.807, 2.05) is 0 Å². The van der Waals surface area contributed by atoms with Crippen molar-refractivity contribution in [1.29, 1.82) is 0 Å². The van der Waals surface area contributed by atoms with Gasteiger partial charge >= 0.3 is 6.18 Å². The van der Waals surface area contributed by atoms with Crippen LogP contribution in [0.15, 0.2) is 42.5 Å². The predicted octanol–water partition coefficient (Wildman–Crippen LogP) is 5.84. The lowest BCUT2D eigenvalue weighted by Gasteiger charge is -2.46. The number of thioether (sulfide) groups is 1. The molecular weight excluding hydrogens is 534 g/mol. The molecule has 0 bridgehead atoms. The van der Waals surface area contributed by atoms with Crippen LogP contribution in [-0.4, -0.2) is 41.6 Å². The summed E-state index contributed by atoms with van der Waals surface area (Å²) in [4.78, 5) is 18.7. The molecule has 2 aromatic carbocycles. The topological polar surface area (TPSA) is 41.6 Å². The zero-order chi connectivity index (χ0) is 25.2. The summed E-state index contributed by atoms with van der Waals surface area (Å²) in [5.74, 6) is 0.373. The molecule has 3 aliphatic heterocycles. The number of benzene rings is 2. The van der Waals surface area contributed by atoms with Crippen molar-refractivity contribution in [3.05, 3.63) is 75.0 Å². The Labute approximate surface area is 211 Å². The van der Waals surface area contributed by atoms with Gasteiger partial charge in [0.05, 0.1) is 34.7 Å². The van der Waals surface area contributed by atoms with Gasteiger partial charge < -0.3 is 4.90 Å². The van der Waals surface area contributed by atoms with Gasteiger partial charge in [0.2, 0.25) is 11.5 Å². The minimum atomic E-state index is -4.95. The molecule has 12 heteroatoms. The Hall–Kier alpha value is -2.01. The molecule has 1 unspecified atom stereocenters. The number of amides is 1. The van der Waals surface area contributed by atoms with Crippen LogP contribution in [0.5, 0.6) is 0 Å². The molecule has 4 nitrogen and oxygen atoms in total. The number of rotatable bonds is 4. The van der Waals surface area contributed by atoms with Crippen LogP contribution < -0.4 is 5.48 Å². The highest BCUT2D eigenvalue weighted by molar-refractivity contribution is 8.00. The first-order chi connectivity index (χ1) is 16.4. The van der Waals surface area contributed by atoms with E-state index in [1.165, 1.54) is 29.2 Å². The van der Waals surface area contributed by atoms with Crippen molar-refractivity contribution >= 4 is 46.6 Å². The van der Waals surface area contributed by atoms with Gasteiger partial charge in [-0.1, -0.05) is 47.5 Å². The van der Waals surface area contributed by atoms with Gasteiger partial charge in [0.25, 0.3) is 0 Å². The summed E-state index contributed by atoms with van der Waals surface area (Å²) < 4.78 is 71.5. The van der Waals surface area contributed by atoms with Crippen molar-refractivity contribution in [2.45, 2.75) is 17.4 Å². The van der Waals surface area contributed by atoms with Crippen LogP contribution in [-0.2, 0) is 20.9 Å². The largest absolute Gasteiger partial charge is 0.428 e. The van der Waals surface area contributed by atoms with Gasteiger partial charge in [0, 0.05) is 17.1 Å². The van der Waals surface area contributed by atoms with Crippen LogP contribution in [0.1, 0.15) is 16.7 Å². The van der Waals surface area contributed by atoms with E-state index >= 15 is 4.39 Å². The lowest BCUT2D eigenvalue weighted by molar-refractivity contribution is -0.269. The number of hydrogen-bond acceptors (Lipinski definition) is 4. The number of carbonyl (C=O) groups is 1. The van der Waals surface area contributed by atoms with Crippen molar-refractivity contribution in [1.82, 2.24) is 10.4 Å². The van der Waals surface area contributed by atoms with Crippen LogP contribution in [0.25, 0.3) is 5.70 Å². The molecule has 0 saturated carbocycles. The first kappa shape index (κ1) is 24.7. The second-order valence-electron chi connectivity index (χ2n) is 8.72. The maximum absolute atomic E-state index is 15.3. The number of alkyl halides is 4. The van der Waals surface area contributed by atoms with Gasteiger partial charge in [0.1, 0.15) is 0 Å². The molecule has 2 saturated heterocycles. The number of hydroxylamine groups is 1. The lowest BCUT2D eigenvalue weighted by Crippen LogP contribution is -2.61. The summed E-state index contributed by atoms with van der Waals surface area (Å²) in [5.41, 5.74) is -2.31. The molecule has 35 heavy (non-hydrogen) atoms. The molecular formula is C23H17Cl2F5N2O2S. The second-order valence-corrected chi connectivity index (χ2v) is 10.6. The zero-order valence-electron chi connectivity index (χ0n) is 17.8. The second kappa shape index (κ2) is 8.54. The quantitative estimate of drug-likeness (QED) is 0.384. The van der Waals surface area contributed by atoms with E-state index in [-0.39, 0.29) is 30.6 Å². The van der Waals surface area contributed by atoms with Crippen LogP contribution in [0, 0.1) is 11.7 Å². The van der Waals surface area contributed by atoms with Gasteiger partial charge in [-0.15, -0.1) is 0 Å². The molecule has 2 aromatic rings. The van der Waals surface area contributed by atoms with E-state index in [9.17, 15) is 22.4 Å². The Morgan fingerprint density at radius 3 is 2.20 bits per heavy atom. The molecule has 1 atom stereocenters. The summed E-state index contributed by atoms with van der Waals surface area (Å²) in [5, 5.41) is -1.16.